The molecule has 3 rings (SSSR count). The van der Waals surface area contributed by atoms with Gasteiger partial charge in [-0.05, 0) is 25.4 Å². The van der Waals surface area contributed by atoms with Crippen LogP contribution in [0.4, 0.5) is 0 Å². The normalized spacial score (nSPS) is 17.2. The fraction of sp³-hybridized carbons (Fsp3) is 0.429. The predicted octanol–water partition coefficient (Wildman–Crippen LogP) is 2.53. The minimum Gasteiger partial charge on any atom is -0.486 e. The van der Waals surface area contributed by atoms with Crippen molar-refractivity contribution < 1.29 is 9.47 Å². The molecule has 0 spiro atoms. The molecule has 0 bridgehead atoms. The van der Waals surface area contributed by atoms with Crippen molar-refractivity contribution in [2.24, 2.45) is 0 Å². The summed E-state index contributed by atoms with van der Waals surface area (Å²) in [5.41, 5.74) is 0. The largest absolute Gasteiger partial charge is 0.486 e. The van der Waals surface area contributed by atoms with Gasteiger partial charge in [-0.25, -0.2) is 0 Å². The van der Waals surface area contributed by atoms with E-state index in [1.807, 2.05) is 30.5 Å². The average molecular weight is 323 g/mol. The number of nitrogens with zero attached hydrogens (tertiary/aromatic N) is 3. The molecule has 1 aromatic heterocycles. The first kappa shape index (κ1) is 14.6. The Balaban J connectivity index is 1.55. The summed E-state index contributed by atoms with van der Waals surface area (Å²) in [6, 6.07) is 7.78. The van der Waals surface area contributed by atoms with Gasteiger partial charge in [-0.1, -0.05) is 35.2 Å². The Hall–Kier alpha value is -1.31. The van der Waals surface area contributed by atoms with E-state index in [4.69, 9.17) is 9.47 Å². The summed E-state index contributed by atoms with van der Waals surface area (Å²) < 4.78 is 12.7. The zero-order valence-corrected chi connectivity index (χ0v) is 13.6. The lowest BCUT2D eigenvalue weighted by atomic mass is 10.2. The summed E-state index contributed by atoms with van der Waals surface area (Å²) in [5.74, 6) is 1.65. The van der Waals surface area contributed by atoms with Crippen LogP contribution in [0.2, 0.25) is 0 Å². The van der Waals surface area contributed by atoms with Crippen LogP contribution in [0, 0.1) is 0 Å². The first-order valence-electron chi connectivity index (χ1n) is 6.68. The highest BCUT2D eigenvalue weighted by Crippen LogP contribution is 2.31. The molecule has 1 atom stereocenters. The summed E-state index contributed by atoms with van der Waals surface area (Å²) in [5, 5.41) is 9.33. The quantitative estimate of drug-likeness (QED) is 0.788. The summed E-state index contributed by atoms with van der Waals surface area (Å²) in [4.78, 5) is 2.19. The molecule has 0 N–H and O–H groups in total. The molecule has 21 heavy (non-hydrogen) atoms. The zero-order valence-electron chi connectivity index (χ0n) is 12.0. The standard InChI is InChI=1S/C14H17N3O2S2/c1-17(8-13-15-16-14(20-2)21-13)7-10-9-18-11-5-3-4-6-12(11)19-10/h3-6,10H,7-9H2,1-2H3/t10-/m0/s1. The number of hydrogen-bond acceptors (Lipinski definition) is 7. The van der Waals surface area contributed by atoms with Crippen molar-refractivity contribution in [3.05, 3.63) is 29.3 Å². The molecule has 0 aliphatic carbocycles. The Labute approximate surface area is 132 Å². The van der Waals surface area contributed by atoms with Gasteiger partial charge in [-0.15, -0.1) is 10.2 Å². The second-order valence-corrected chi connectivity index (χ2v) is 6.98. The van der Waals surface area contributed by atoms with Crippen molar-refractivity contribution in [2.75, 3.05) is 26.5 Å². The first-order valence-corrected chi connectivity index (χ1v) is 8.72. The number of likely N-dealkylation sites (N-methyl/N-ethyl adjacent to an activating group) is 1. The highest BCUT2D eigenvalue weighted by atomic mass is 32.2. The first-order chi connectivity index (χ1) is 10.2. The van der Waals surface area contributed by atoms with Gasteiger partial charge in [0.2, 0.25) is 0 Å². The number of benzene rings is 1. The van der Waals surface area contributed by atoms with Gasteiger partial charge in [0.25, 0.3) is 0 Å². The molecule has 0 fully saturated rings. The molecule has 0 radical (unpaired) electrons. The van der Waals surface area contributed by atoms with Gasteiger partial charge in [0.1, 0.15) is 17.7 Å². The SMILES string of the molecule is CSc1nnc(CN(C)C[C@H]2COc3ccccc3O2)s1. The Morgan fingerprint density at radius 3 is 2.90 bits per heavy atom. The number of aromatic nitrogens is 2. The molecular weight excluding hydrogens is 306 g/mol. The van der Waals surface area contributed by atoms with Gasteiger partial charge >= 0.3 is 0 Å². The van der Waals surface area contributed by atoms with E-state index < -0.39 is 0 Å². The molecule has 7 heteroatoms. The van der Waals surface area contributed by atoms with Crippen LogP contribution in [0.5, 0.6) is 11.5 Å². The molecule has 0 unspecified atom stereocenters. The summed E-state index contributed by atoms with van der Waals surface area (Å²) in [7, 11) is 2.06. The van der Waals surface area contributed by atoms with Crippen molar-refractivity contribution in [3.63, 3.8) is 0 Å². The lowest BCUT2D eigenvalue weighted by Gasteiger charge is -2.29. The van der Waals surface area contributed by atoms with Crippen molar-refractivity contribution in [1.82, 2.24) is 15.1 Å². The molecular formula is C14H17N3O2S2. The van der Waals surface area contributed by atoms with E-state index in [0.717, 1.165) is 33.9 Å². The summed E-state index contributed by atoms with van der Waals surface area (Å²) in [6.07, 6.45) is 2.05. The van der Waals surface area contributed by atoms with E-state index in [-0.39, 0.29) is 6.10 Å². The number of ether oxygens (including phenoxy) is 2. The average Bonchev–Trinajstić information content (AvgIpc) is 2.94. The minimum atomic E-state index is 0.0397. The molecule has 2 aromatic rings. The van der Waals surface area contributed by atoms with Crippen molar-refractivity contribution in [1.29, 1.82) is 0 Å². The summed E-state index contributed by atoms with van der Waals surface area (Å²) >= 11 is 3.27. The predicted molar refractivity (Wildman–Crippen MR) is 84.4 cm³/mol. The van der Waals surface area contributed by atoms with Crippen LogP contribution in [0.1, 0.15) is 5.01 Å². The molecule has 5 nitrogen and oxygen atoms in total. The third-order valence-corrected chi connectivity index (χ3v) is 4.99. The maximum atomic E-state index is 5.96. The molecule has 1 aliphatic rings. The maximum Gasteiger partial charge on any atom is 0.174 e. The number of fused-ring (bicyclic) bond motifs is 1. The lowest BCUT2D eigenvalue weighted by molar-refractivity contribution is 0.0637. The fourth-order valence-electron chi connectivity index (χ4n) is 2.18. The highest BCUT2D eigenvalue weighted by molar-refractivity contribution is 8.00. The zero-order chi connectivity index (χ0) is 14.7. The second-order valence-electron chi connectivity index (χ2n) is 4.86. The number of para-hydroxylation sites is 2. The Morgan fingerprint density at radius 1 is 1.33 bits per heavy atom. The third-order valence-electron chi connectivity index (χ3n) is 3.11. The Kier molecular flexibility index (Phi) is 4.62. The maximum absolute atomic E-state index is 5.96. The molecule has 1 aliphatic heterocycles. The molecule has 0 saturated carbocycles. The van der Waals surface area contributed by atoms with Gasteiger partial charge in [0.05, 0.1) is 6.54 Å². The third kappa shape index (κ3) is 3.66. The molecule has 2 heterocycles. The van der Waals surface area contributed by atoms with Crippen LogP contribution in [0.25, 0.3) is 0 Å². The molecule has 1 aromatic carbocycles. The van der Waals surface area contributed by atoms with Crippen LogP contribution < -0.4 is 9.47 Å². The van der Waals surface area contributed by atoms with Crippen LogP contribution in [0.15, 0.2) is 28.6 Å². The number of rotatable bonds is 5. The van der Waals surface area contributed by atoms with E-state index in [1.165, 1.54) is 0 Å². The van der Waals surface area contributed by atoms with Gasteiger partial charge in [0.15, 0.2) is 15.8 Å². The molecule has 112 valence electrons. The smallest absolute Gasteiger partial charge is 0.174 e. The van der Waals surface area contributed by atoms with Gasteiger partial charge in [-0.2, -0.15) is 0 Å². The Bertz CT molecular complexity index is 605. The number of hydrogen-bond donors (Lipinski definition) is 0. The van der Waals surface area contributed by atoms with Gasteiger partial charge in [-0.3, -0.25) is 4.90 Å². The second kappa shape index (κ2) is 6.64. The van der Waals surface area contributed by atoms with E-state index >= 15 is 0 Å². The monoisotopic (exact) mass is 323 g/mol. The van der Waals surface area contributed by atoms with Crippen LogP contribution in [-0.2, 0) is 6.54 Å². The van der Waals surface area contributed by atoms with Crippen molar-refractivity contribution in [3.8, 4) is 11.5 Å². The Morgan fingerprint density at radius 2 is 2.14 bits per heavy atom. The molecule has 0 saturated heterocycles. The van der Waals surface area contributed by atoms with E-state index in [1.54, 1.807) is 23.1 Å². The van der Waals surface area contributed by atoms with E-state index in [9.17, 15) is 0 Å². The van der Waals surface area contributed by atoms with Crippen molar-refractivity contribution >= 4 is 23.1 Å². The highest BCUT2D eigenvalue weighted by Gasteiger charge is 2.22. The van der Waals surface area contributed by atoms with E-state index in [0.29, 0.717) is 6.61 Å². The topological polar surface area (TPSA) is 47.5 Å². The van der Waals surface area contributed by atoms with Gasteiger partial charge < -0.3 is 9.47 Å². The minimum absolute atomic E-state index is 0.0397. The van der Waals surface area contributed by atoms with Gasteiger partial charge in [0, 0.05) is 6.54 Å². The van der Waals surface area contributed by atoms with Crippen molar-refractivity contribution in [2.45, 2.75) is 17.0 Å². The van der Waals surface area contributed by atoms with Crippen LogP contribution >= 0.6 is 23.1 Å². The lowest BCUT2D eigenvalue weighted by Crippen LogP contribution is -2.39. The van der Waals surface area contributed by atoms with Crippen LogP contribution in [0.3, 0.4) is 0 Å². The summed E-state index contributed by atoms with van der Waals surface area (Å²) in [6.45, 7) is 2.15. The number of thioether (sulfide) groups is 1. The van der Waals surface area contributed by atoms with E-state index in [2.05, 4.69) is 22.1 Å². The fourth-order valence-corrected chi connectivity index (χ4v) is 3.57. The van der Waals surface area contributed by atoms with Crippen LogP contribution in [-0.4, -0.2) is 47.7 Å². The molecule has 0 amide bonds.